The Morgan fingerprint density at radius 2 is 2.25 bits per heavy atom. The van der Waals surface area contributed by atoms with Gasteiger partial charge in [0.25, 0.3) is 0 Å². The normalized spacial score (nSPS) is 42.3. The average Bonchev–Trinajstić information content (AvgIpc) is 2.10. The SMILES string of the molecule is CC(=O)CCC[C@@]12CCOC(C)(O)[C@@H]1CC2. The summed E-state index contributed by atoms with van der Waals surface area (Å²) in [6.07, 6.45) is 6.00. The molecule has 0 aromatic rings. The molecule has 0 amide bonds. The number of hydrogen-bond acceptors (Lipinski definition) is 3. The molecule has 1 saturated carbocycles. The smallest absolute Gasteiger partial charge is 0.165 e. The maximum absolute atomic E-state index is 10.9. The van der Waals surface area contributed by atoms with Crippen molar-refractivity contribution >= 4 is 5.78 Å². The van der Waals surface area contributed by atoms with Crippen LogP contribution >= 0.6 is 0 Å². The van der Waals surface area contributed by atoms with E-state index < -0.39 is 5.79 Å². The van der Waals surface area contributed by atoms with Crippen molar-refractivity contribution in [3.63, 3.8) is 0 Å². The third-order valence-corrected chi connectivity index (χ3v) is 4.51. The van der Waals surface area contributed by atoms with Crippen LogP contribution in [0.3, 0.4) is 0 Å². The van der Waals surface area contributed by atoms with Crippen LogP contribution in [0.15, 0.2) is 0 Å². The van der Waals surface area contributed by atoms with Crippen LogP contribution in [0.25, 0.3) is 0 Å². The molecule has 1 unspecified atom stereocenters. The number of ketones is 1. The monoisotopic (exact) mass is 226 g/mol. The van der Waals surface area contributed by atoms with Crippen LogP contribution in [-0.4, -0.2) is 23.3 Å². The fraction of sp³-hybridized carbons (Fsp3) is 0.923. The van der Waals surface area contributed by atoms with Gasteiger partial charge in [-0.05, 0) is 51.4 Å². The minimum Gasteiger partial charge on any atom is -0.365 e. The Labute approximate surface area is 97.2 Å². The maximum atomic E-state index is 10.9. The third-order valence-electron chi connectivity index (χ3n) is 4.51. The average molecular weight is 226 g/mol. The molecule has 1 N–H and O–H groups in total. The Kier molecular flexibility index (Phi) is 3.10. The lowest BCUT2D eigenvalue weighted by Crippen LogP contribution is -2.58. The number of aliphatic hydroxyl groups is 1. The van der Waals surface area contributed by atoms with Crippen molar-refractivity contribution in [3.8, 4) is 0 Å². The van der Waals surface area contributed by atoms with Gasteiger partial charge in [0.2, 0.25) is 0 Å². The summed E-state index contributed by atoms with van der Waals surface area (Å²) in [7, 11) is 0. The maximum Gasteiger partial charge on any atom is 0.165 e. The van der Waals surface area contributed by atoms with Gasteiger partial charge in [-0.25, -0.2) is 0 Å². The van der Waals surface area contributed by atoms with Crippen molar-refractivity contribution in [2.24, 2.45) is 11.3 Å². The highest BCUT2D eigenvalue weighted by Gasteiger charge is 2.56. The predicted octanol–water partition coefficient (Wildman–Crippen LogP) is 2.27. The molecule has 3 heteroatoms. The van der Waals surface area contributed by atoms with Crippen LogP contribution in [-0.2, 0) is 9.53 Å². The van der Waals surface area contributed by atoms with Crippen molar-refractivity contribution in [3.05, 3.63) is 0 Å². The molecule has 3 atom stereocenters. The van der Waals surface area contributed by atoms with E-state index in [1.807, 2.05) is 0 Å². The van der Waals surface area contributed by atoms with Crippen LogP contribution in [0.1, 0.15) is 52.4 Å². The minimum absolute atomic E-state index is 0.261. The summed E-state index contributed by atoms with van der Waals surface area (Å²) >= 11 is 0. The molecule has 1 saturated heterocycles. The molecule has 16 heavy (non-hydrogen) atoms. The first-order valence-corrected chi connectivity index (χ1v) is 6.32. The Bertz CT molecular complexity index is 285. The van der Waals surface area contributed by atoms with Gasteiger partial charge >= 0.3 is 0 Å². The fourth-order valence-corrected chi connectivity index (χ4v) is 3.51. The standard InChI is InChI=1S/C13H22O3/c1-10(14)4-3-6-13-7-5-11(13)12(2,15)16-9-8-13/h11,15H,3-9H2,1-2H3/t11-,12?,13+/m0/s1. The van der Waals surface area contributed by atoms with Gasteiger partial charge in [0.1, 0.15) is 5.78 Å². The first-order chi connectivity index (χ1) is 7.46. The zero-order valence-corrected chi connectivity index (χ0v) is 10.3. The van der Waals surface area contributed by atoms with Gasteiger partial charge in [-0.1, -0.05) is 0 Å². The van der Waals surface area contributed by atoms with Crippen LogP contribution in [0.5, 0.6) is 0 Å². The molecule has 2 rings (SSSR count). The van der Waals surface area contributed by atoms with Crippen LogP contribution in [0, 0.1) is 11.3 Å². The highest BCUT2D eigenvalue weighted by Crippen LogP contribution is 2.59. The van der Waals surface area contributed by atoms with Crippen molar-refractivity contribution in [2.45, 2.75) is 58.2 Å². The fourth-order valence-electron chi connectivity index (χ4n) is 3.51. The summed E-state index contributed by atoms with van der Waals surface area (Å²) in [5, 5.41) is 10.1. The molecule has 2 fully saturated rings. The molecule has 0 aromatic heterocycles. The van der Waals surface area contributed by atoms with E-state index in [9.17, 15) is 9.90 Å². The topological polar surface area (TPSA) is 46.5 Å². The highest BCUT2D eigenvalue weighted by molar-refractivity contribution is 5.75. The van der Waals surface area contributed by atoms with Crippen LogP contribution < -0.4 is 0 Å². The van der Waals surface area contributed by atoms with Crippen LogP contribution in [0.2, 0.25) is 0 Å². The van der Waals surface area contributed by atoms with E-state index in [-0.39, 0.29) is 17.1 Å². The third kappa shape index (κ3) is 2.03. The van der Waals surface area contributed by atoms with Gasteiger partial charge in [-0.3, -0.25) is 0 Å². The Morgan fingerprint density at radius 3 is 2.81 bits per heavy atom. The molecular formula is C13H22O3. The first kappa shape index (κ1) is 12.1. The van der Waals surface area contributed by atoms with E-state index in [0.29, 0.717) is 13.0 Å². The summed E-state index contributed by atoms with van der Waals surface area (Å²) in [5.41, 5.74) is 0.261. The Balaban J connectivity index is 1.94. The minimum atomic E-state index is -0.938. The van der Waals surface area contributed by atoms with E-state index in [4.69, 9.17) is 4.74 Å². The quantitative estimate of drug-likeness (QED) is 0.800. The van der Waals surface area contributed by atoms with Crippen LogP contribution in [0.4, 0.5) is 0 Å². The van der Waals surface area contributed by atoms with Crippen molar-refractivity contribution < 1.29 is 14.6 Å². The lowest BCUT2D eigenvalue weighted by molar-refractivity contribution is -0.310. The summed E-state index contributed by atoms with van der Waals surface area (Å²) in [6, 6.07) is 0. The van der Waals surface area contributed by atoms with Gasteiger partial charge in [0, 0.05) is 12.3 Å². The zero-order valence-electron chi connectivity index (χ0n) is 10.3. The number of hydrogen-bond donors (Lipinski definition) is 1. The molecule has 3 nitrogen and oxygen atoms in total. The van der Waals surface area contributed by atoms with E-state index >= 15 is 0 Å². The second-order valence-electron chi connectivity index (χ2n) is 5.66. The number of Topliss-reactive ketones (excluding diaryl/α,β-unsaturated/α-hetero) is 1. The van der Waals surface area contributed by atoms with Gasteiger partial charge < -0.3 is 14.6 Å². The molecule has 92 valence electrons. The number of carbonyl (C=O) groups excluding carboxylic acids is 1. The van der Waals surface area contributed by atoms with E-state index in [0.717, 1.165) is 25.7 Å². The largest absolute Gasteiger partial charge is 0.365 e. The first-order valence-electron chi connectivity index (χ1n) is 6.32. The van der Waals surface area contributed by atoms with Gasteiger partial charge in [-0.15, -0.1) is 0 Å². The Morgan fingerprint density at radius 1 is 1.50 bits per heavy atom. The molecule has 0 radical (unpaired) electrons. The Hall–Kier alpha value is -0.410. The summed E-state index contributed by atoms with van der Waals surface area (Å²) in [6.45, 7) is 4.09. The molecule has 0 bridgehead atoms. The van der Waals surface area contributed by atoms with Gasteiger partial charge in [-0.2, -0.15) is 0 Å². The van der Waals surface area contributed by atoms with E-state index in [2.05, 4.69) is 0 Å². The molecule has 1 aliphatic carbocycles. The van der Waals surface area contributed by atoms with E-state index in [1.165, 1.54) is 6.42 Å². The van der Waals surface area contributed by atoms with E-state index in [1.54, 1.807) is 13.8 Å². The van der Waals surface area contributed by atoms with Crippen molar-refractivity contribution in [1.29, 1.82) is 0 Å². The summed E-state index contributed by atoms with van der Waals surface area (Å²) in [5.74, 6) is -0.390. The molecule has 1 heterocycles. The highest BCUT2D eigenvalue weighted by atomic mass is 16.6. The second-order valence-corrected chi connectivity index (χ2v) is 5.66. The molecule has 2 aliphatic rings. The molecule has 0 spiro atoms. The molecule has 0 aromatic carbocycles. The van der Waals surface area contributed by atoms with Crippen molar-refractivity contribution in [1.82, 2.24) is 0 Å². The summed E-state index contributed by atoms with van der Waals surface area (Å²) < 4.78 is 5.44. The molecule has 1 aliphatic heterocycles. The van der Waals surface area contributed by atoms with Crippen molar-refractivity contribution in [2.75, 3.05) is 6.61 Å². The van der Waals surface area contributed by atoms with Gasteiger partial charge in [0.15, 0.2) is 5.79 Å². The number of ether oxygens (including phenoxy) is 1. The summed E-state index contributed by atoms with van der Waals surface area (Å²) in [4.78, 5) is 10.9. The lowest BCUT2D eigenvalue weighted by atomic mass is 9.53. The number of fused-ring (bicyclic) bond motifs is 1. The lowest BCUT2D eigenvalue weighted by Gasteiger charge is -2.58. The molecular weight excluding hydrogens is 204 g/mol. The number of rotatable bonds is 4. The zero-order chi connectivity index (χ0) is 11.8. The predicted molar refractivity (Wildman–Crippen MR) is 60.9 cm³/mol. The second kappa shape index (κ2) is 4.11. The number of carbonyl (C=O) groups is 1. The van der Waals surface area contributed by atoms with Gasteiger partial charge in [0.05, 0.1) is 6.61 Å².